The molecule has 0 aliphatic carbocycles. The van der Waals surface area contributed by atoms with Gasteiger partial charge in [0.2, 0.25) is 0 Å². The molecule has 0 spiro atoms. The second kappa shape index (κ2) is 10.8. The van der Waals surface area contributed by atoms with E-state index in [0.717, 1.165) is 13.0 Å². The minimum atomic E-state index is -0.273. The fourth-order valence-corrected chi connectivity index (χ4v) is 2.66. The number of esters is 1. The van der Waals surface area contributed by atoms with E-state index in [1.807, 2.05) is 31.3 Å². The number of ether oxygens (including phenoxy) is 1. The maximum atomic E-state index is 11.4. The summed E-state index contributed by atoms with van der Waals surface area (Å²) in [6, 6.07) is 8.41. The van der Waals surface area contributed by atoms with Crippen LogP contribution in [0.5, 0.6) is 0 Å². The molecule has 126 valence electrons. The van der Waals surface area contributed by atoms with Crippen LogP contribution in [0.2, 0.25) is 0 Å². The molecule has 1 aliphatic heterocycles. The first kappa shape index (κ1) is 21.2. The molecule has 22 heavy (non-hydrogen) atoms. The molecule has 1 N–H and O–H groups in total. The largest absolute Gasteiger partial charge is 0.465 e. The number of benzene rings is 1. The van der Waals surface area contributed by atoms with Gasteiger partial charge in [-0.15, -0.1) is 24.8 Å². The van der Waals surface area contributed by atoms with E-state index >= 15 is 0 Å². The summed E-state index contributed by atoms with van der Waals surface area (Å²) in [6.07, 6.45) is 3.50. The van der Waals surface area contributed by atoms with Crippen LogP contribution in [0.25, 0.3) is 0 Å². The lowest BCUT2D eigenvalue weighted by atomic mass is 10.0. The number of piperidine rings is 1. The quantitative estimate of drug-likeness (QED) is 0.830. The van der Waals surface area contributed by atoms with Gasteiger partial charge in [0.05, 0.1) is 12.7 Å². The van der Waals surface area contributed by atoms with E-state index in [-0.39, 0.29) is 30.8 Å². The summed E-state index contributed by atoms with van der Waals surface area (Å²) < 4.78 is 4.70. The van der Waals surface area contributed by atoms with Gasteiger partial charge in [-0.2, -0.15) is 0 Å². The van der Waals surface area contributed by atoms with Crippen molar-refractivity contribution in [2.24, 2.45) is 0 Å². The van der Waals surface area contributed by atoms with Gasteiger partial charge in [-0.3, -0.25) is 0 Å². The Labute approximate surface area is 145 Å². The minimum Gasteiger partial charge on any atom is -0.465 e. The first-order chi connectivity index (χ1) is 9.72. The average molecular weight is 349 g/mol. The van der Waals surface area contributed by atoms with E-state index in [1.54, 1.807) is 0 Å². The summed E-state index contributed by atoms with van der Waals surface area (Å²) in [6.45, 7) is 3.44. The van der Waals surface area contributed by atoms with Gasteiger partial charge < -0.3 is 15.0 Å². The van der Waals surface area contributed by atoms with Crippen molar-refractivity contribution in [3.63, 3.8) is 0 Å². The highest BCUT2D eigenvalue weighted by molar-refractivity contribution is 5.89. The Hall–Kier alpha value is -0.810. The summed E-state index contributed by atoms with van der Waals surface area (Å²) in [5.41, 5.74) is 1.89. The fourth-order valence-electron chi connectivity index (χ4n) is 2.66. The number of carbonyl (C=O) groups is 1. The van der Waals surface area contributed by atoms with Crippen molar-refractivity contribution in [3.8, 4) is 0 Å². The molecule has 0 unspecified atom stereocenters. The lowest BCUT2D eigenvalue weighted by Gasteiger charge is -2.31. The molecular formula is C16H26Cl2N2O2. The van der Waals surface area contributed by atoms with Gasteiger partial charge >= 0.3 is 5.97 Å². The standard InChI is InChI=1S/C16H24N2O2.2ClH/c1-17-15-8-11-18(12-9-15)10-7-13-3-5-14(6-4-13)16(19)20-2;;/h3-6,15,17H,7-12H2,1-2H3;2*1H. The molecule has 1 aromatic rings. The molecule has 6 heteroatoms. The van der Waals surface area contributed by atoms with Crippen LogP contribution in [0.15, 0.2) is 24.3 Å². The molecule has 0 radical (unpaired) electrons. The van der Waals surface area contributed by atoms with Crippen LogP contribution in [-0.2, 0) is 11.2 Å². The highest BCUT2D eigenvalue weighted by Crippen LogP contribution is 2.12. The van der Waals surface area contributed by atoms with E-state index < -0.39 is 0 Å². The number of carbonyl (C=O) groups excluding carboxylic acids is 1. The van der Waals surface area contributed by atoms with Crippen molar-refractivity contribution < 1.29 is 9.53 Å². The molecule has 0 amide bonds. The Kier molecular flexibility index (Phi) is 10.4. The minimum absolute atomic E-state index is 0. The van der Waals surface area contributed by atoms with Gasteiger partial charge in [0.25, 0.3) is 0 Å². The summed E-state index contributed by atoms with van der Waals surface area (Å²) >= 11 is 0. The number of hydrogen-bond acceptors (Lipinski definition) is 4. The molecule has 2 rings (SSSR count). The van der Waals surface area contributed by atoms with Crippen LogP contribution < -0.4 is 5.32 Å². The molecule has 1 aromatic carbocycles. The van der Waals surface area contributed by atoms with Crippen LogP contribution in [0.4, 0.5) is 0 Å². The van der Waals surface area contributed by atoms with Crippen molar-refractivity contribution in [3.05, 3.63) is 35.4 Å². The molecular weight excluding hydrogens is 323 g/mol. The maximum absolute atomic E-state index is 11.4. The van der Waals surface area contributed by atoms with Crippen molar-refractivity contribution in [1.29, 1.82) is 0 Å². The van der Waals surface area contributed by atoms with Gasteiger partial charge in [0, 0.05) is 12.6 Å². The van der Waals surface area contributed by atoms with Crippen LogP contribution in [0.1, 0.15) is 28.8 Å². The molecule has 1 fully saturated rings. The molecule has 0 aromatic heterocycles. The van der Waals surface area contributed by atoms with E-state index in [0.29, 0.717) is 11.6 Å². The number of nitrogens with zero attached hydrogens (tertiary/aromatic N) is 1. The number of likely N-dealkylation sites (tertiary alicyclic amines) is 1. The highest BCUT2D eigenvalue weighted by Gasteiger charge is 2.17. The zero-order valence-corrected chi connectivity index (χ0v) is 14.8. The third-order valence-corrected chi connectivity index (χ3v) is 4.09. The Morgan fingerprint density at radius 1 is 1.23 bits per heavy atom. The lowest BCUT2D eigenvalue weighted by Crippen LogP contribution is -2.41. The summed E-state index contributed by atoms with van der Waals surface area (Å²) in [5.74, 6) is -0.273. The van der Waals surface area contributed by atoms with Gasteiger partial charge in [-0.1, -0.05) is 12.1 Å². The zero-order chi connectivity index (χ0) is 14.4. The van der Waals surface area contributed by atoms with E-state index in [2.05, 4.69) is 10.2 Å². The van der Waals surface area contributed by atoms with Gasteiger partial charge in [0.1, 0.15) is 0 Å². The van der Waals surface area contributed by atoms with Crippen molar-refractivity contribution in [2.75, 3.05) is 33.8 Å². The van der Waals surface area contributed by atoms with Crippen LogP contribution in [0.3, 0.4) is 0 Å². The molecule has 0 atom stereocenters. The second-order valence-corrected chi connectivity index (χ2v) is 5.34. The van der Waals surface area contributed by atoms with Crippen molar-refractivity contribution in [2.45, 2.75) is 25.3 Å². The molecule has 1 saturated heterocycles. The third-order valence-electron chi connectivity index (χ3n) is 4.09. The average Bonchev–Trinajstić information content (AvgIpc) is 2.53. The highest BCUT2D eigenvalue weighted by atomic mass is 35.5. The van der Waals surface area contributed by atoms with Crippen LogP contribution in [-0.4, -0.2) is 50.7 Å². The maximum Gasteiger partial charge on any atom is 0.337 e. The number of halogens is 2. The van der Waals surface area contributed by atoms with Crippen molar-refractivity contribution in [1.82, 2.24) is 10.2 Å². The van der Waals surface area contributed by atoms with Crippen molar-refractivity contribution >= 4 is 30.8 Å². The van der Waals surface area contributed by atoms with E-state index in [4.69, 9.17) is 4.74 Å². The molecule has 1 aliphatic rings. The van der Waals surface area contributed by atoms with E-state index in [9.17, 15) is 4.79 Å². The predicted molar refractivity (Wildman–Crippen MR) is 94.5 cm³/mol. The third kappa shape index (κ3) is 6.13. The normalized spacial score (nSPS) is 15.5. The molecule has 0 bridgehead atoms. The first-order valence-corrected chi connectivity index (χ1v) is 7.30. The second-order valence-electron chi connectivity index (χ2n) is 5.34. The lowest BCUT2D eigenvalue weighted by molar-refractivity contribution is 0.0600. The zero-order valence-electron chi connectivity index (χ0n) is 13.2. The van der Waals surface area contributed by atoms with Gasteiger partial charge in [-0.25, -0.2) is 4.79 Å². The Bertz CT molecular complexity index is 432. The molecule has 1 heterocycles. The van der Waals surface area contributed by atoms with Crippen LogP contribution in [0, 0.1) is 0 Å². The number of hydrogen-bond donors (Lipinski definition) is 1. The number of rotatable bonds is 5. The first-order valence-electron chi connectivity index (χ1n) is 7.30. The Morgan fingerprint density at radius 2 is 1.82 bits per heavy atom. The van der Waals surface area contributed by atoms with E-state index in [1.165, 1.54) is 38.6 Å². The molecule has 4 nitrogen and oxygen atoms in total. The van der Waals surface area contributed by atoms with Gasteiger partial charge in [-0.05, 0) is 57.1 Å². The number of methoxy groups -OCH3 is 1. The predicted octanol–water partition coefficient (Wildman–Crippen LogP) is 2.54. The summed E-state index contributed by atoms with van der Waals surface area (Å²) in [4.78, 5) is 13.9. The Morgan fingerprint density at radius 3 is 2.32 bits per heavy atom. The topological polar surface area (TPSA) is 41.6 Å². The van der Waals surface area contributed by atoms with Crippen LogP contribution >= 0.6 is 24.8 Å². The fraction of sp³-hybridized carbons (Fsp3) is 0.562. The Balaban J connectivity index is 0.00000220. The summed E-state index contributed by atoms with van der Waals surface area (Å²) in [5, 5.41) is 3.35. The smallest absolute Gasteiger partial charge is 0.337 e. The monoisotopic (exact) mass is 348 g/mol. The number of nitrogens with one attached hydrogen (secondary N) is 1. The SMILES string of the molecule is CNC1CCN(CCc2ccc(C(=O)OC)cc2)CC1.Cl.Cl. The summed E-state index contributed by atoms with van der Waals surface area (Å²) in [7, 11) is 3.45. The molecule has 0 saturated carbocycles. The van der Waals surface area contributed by atoms with Gasteiger partial charge in [0.15, 0.2) is 0 Å².